The normalized spacial score (nSPS) is 12.2. The number of para-hydroxylation sites is 1. The van der Waals surface area contributed by atoms with Crippen LogP contribution in [-0.2, 0) is 0 Å². The highest BCUT2D eigenvalue weighted by Gasteiger charge is 2.05. The first-order valence-corrected chi connectivity index (χ1v) is 5.72. The third-order valence-electron chi connectivity index (χ3n) is 2.66. The summed E-state index contributed by atoms with van der Waals surface area (Å²) in [6.45, 7) is 3.95. The second-order valence-corrected chi connectivity index (χ2v) is 4.15. The van der Waals surface area contributed by atoms with Gasteiger partial charge < -0.3 is 11.1 Å². The maximum Gasteiger partial charge on any atom is 0.130 e. The highest BCUT2D eigenvalue weighted by atomic mass is 15.0. The Kier molecular flexibility index (Phi) is 3.40. The highest BCUT2D eigenvalue weighted by molar-refractivity contribution is 5.56. The van der Waals surface area contributed by atoms with Gasteiger partial charge in [0.15, 0.2) is 0 Å². The fourth-order valence-corrected chi connectivity index (χ4v) is 1.79. The van der Waals surface area contributed by atoms with Crippen LogP contribution in [0.5, 0.6) is 0 Å². The van der Waals surface area contributed by atoms with Crippen molar-refractivity contribution in [1.29, 1.82) is 0 Å². The molecule has 0 bridgehead atoms. The molecule has 0 saturated carbocycles. The van der Waals surface area contributed by atoms with Gasteiger partial charge in [0, 0.05) is 17.4 Å². The van der Waals surface area contributed by atoms with Gasteiger partial charge in [0.05, 0.1) is 0 Å². The molecule has 17 heavy (non-hydrogen) atoms. The van der Waals surface area contributed by atoms with Crippen molar-refractivity contribution in [2.24, 2.45) is 5.73 Å². The number of nitrogens with zero attached hydrogens (tertiary/aromatic N) is 1. The monoisotopic (exact) mass is 227 g/mol. The van der Waals surface area contributed by atoms with E-state index in [2.05, 4.69) is 10.3 Å². The van der Waals surface area contributed by atoms with Crippen LogP contribution in [0.4, 0.5) is 11.5 Å². The SMILES string of the molecule is Cc1nc(Nc2ccccc2)ccc1C(C)N. The molecule has 0 aliphatic carbocycles. The Labute approximate surface area is 102 Å². The zero-order valence-electron chi connectivity index (χ0n) is 10.1. The number of anilines is 2. The van der Waals surface area contributed by atoms with E-state index < -0.39 is 0 Å². The number of hydrogen-bond donors (Lipinski definition) is 2. The summed E-state index contributed by atoms with van der Waals surface area (Å²) in [6, 6.07) is 14.0. The number of rotatable bonds is 3. The molecule has 1 aromatic carbocycles. The van der Waals surface area contributed by atoms with Gasteiger partial charge in [-0.3, -0.25) is 0 Å². The average molecular weight is 227 g/mol. The van der Waals surface area contributed by atoms with Gasteiger partial charge in [-0.05, 0) is 37.6 Å². The predicted octanol–water partition coefficient (Wildman–Crippen LogP) is 3.15. The van der Waals surface area contributed by atoms with Crippen molar-refractivity contribution in [2.75, 3.05) is 5.32 Å². The molecule has 2 aromatic rings. The zero-order chi connectivity index (χ0) is 12.3. The molecular weight excluding hydrogens is 210 g/mol. The van der Waals surface area contributed by atoms with Crippen molar-refractivity contribution < 1.29 is 0 Å². The smallest absolute Gasteiger partial charge is 0.130 e. The first-order valence-electron chi connectivity index (χ1n) is 5.72. The molecule has 2 rings (SSSR count). The molecule has 1 atom stereocenters. The summed E-state index contributed by atoms with van der Waals surface area (Å²) in [5, 5.41) is 3.26. The summed E-state index contributed by atoms with van der Waals surface area (Å²) in [7, 11) is 0. The molecule has 3 nitrogen and oxygen atoms in total. The van der Waals surface area contributed by atoms with Crippen LogP contribution >= 0.6 is 0 Å². The molecule has 88 valence electrons. The molecule has 3 heteroatoms. The Morgan fingerprint density at radius 1 is 1.12 bits per heavy atom. The quantitative estimate of drug-likeness (QED) is 0.846. The molecule has 0 radical (unpaired) electrons. The predicted molar refractivity (Wildman–Crippen MR) is 71.3 cm³/mol. The lowest BCUT2D eigenvalue weighted by Crippen LogP contribution is -2.08. The van der Waals surface area contributed by atoms with Crippen molar-refractivity contribution in [2.45, 2.75) is 19.9 Å². The fourth-order valence-electron chi connectivity index (χ4n) is 1.79. The van der Waals surface area contributed by atoms with E-state index in [1.807, 2.05) is 56.3 Å². The zero-order valence-corrected chi connectivity index (χ0v) is 10.1. The van der Waals surface area contributed by atoms with E-state index in [1.54, 1.807) is 0 Å². The van der Waals surface area contributed by atoms with Crippen LogP contribution in [-0.4, -0.2) is 4.98 Å². The van der Waals surface area contributed by atoms with Gasteiger partial charge in [-0.15, -0.1) is 0 Å². The van der Waals surface area contributed by atoms with Gasteiger partial charge in [0.2, 0.25) is 0 Å². The molecule has 0 spiro atoms. The minimum Gasteiger partial charge on any atom is -0.340 e. The fraction of sp³-hybridized carbons (Fsp3) is 0.214. The molecule has 0 fully saturated rings. The molecule has 0 amide bonds. The van der Waals surface area contributed by atoms with Crippen molar-refractivity contribution in [1.82, 2.24) is 4.98 Å². The van der Waals surface area contributed by atoms with E-state index in [9.17, 15) is 0 Å². The molecule has 0 aliphatic rings. The van der Waals surface area contributed by atoms with Gasteiger partial charge in [-0.2, -0.15) is 0 Å². The number of hydrogen-bond acceptors (Lipinski definition) is 3. The Bertz CT molecular complexity index is 492. The van der Waals surface area contributed by atoms with E-state index in [0.717, 1.165) is 22.8 Å². The summed E-state index contributed by atoms with van der Waals surface area (Å²) in [6.07, 6.45) is 0. The Hall–Kier alpha value is -1.87. The summed E-state index contributed by atoms with van der Waals surface area (Å²) < 4.78 is 0. The highest BCUT2D eigenvalue weighted by Crippen LogP contribution is 2.19. The molecule has 1 aromatic heterocycles. The first kappa shape index (κ1) is 11.6. The Morgan fingerprint density at radius 2 is 1.82 bits per heavy atom. The third-order valence-corrected chi connectivity index (χ3v) is 2.66. The van der Waals surface area contributed by atoms with Crippen molar-refractivity contribution in [3.8, 4) is 0 Å². The molecule has 3 N–H and O–H groups in total. The van der Waals surface area contributed by atoms with Crippen LogP contribution in [0.3, 0.4) is 0 Å². The molecule has 0 aliphatic heterocycles. The largest absolute Gasteiger partial charge is 0.340 e. The van der Waals surface area contributed by atoms with E-state index in [-0.39, 0.29) is 6.04 Å². The van der Waals surface area contributed by atoms with E-state index in [1.165, 1.54) is 0 Å². The third kappa shape index (κ3) is 2.82. The van der Waals surface area contributed by atoms with Gasteiger partial charge in [0.1, 0.15) is 5.82 Å². The Balaban J connectivity index is 2.21. The van der Waals surface area contributed by atoms with Gasteiger partial charge in [-0.25, -0.2) is 4.98 Å². The number of benzene rings is 1. The lowest BCUT2D eigenvalue weighted by atomic mass is 10.1. The number of aryl methyl sites for hydroxylation is 1. The molecular formula is C14H17N3. The van der Waals surface area contributed by atoms with Crippen molar-refractivity contribution >= 4 is 11.5 Å². The topological polar surface area (TPSA) is 50.9 Å². The summed E-state index contributed by atoms with van der Waals surface area (Å²) in [5.74, 6) is 0.845. The minimum atomic E-state index is 0.0216. The number of nitrogens with two attached hydrogens (primary N) is 1. The van der Waals surface area contributed by atoms with Crippen LogP contribution < -0.4 is 11.1 Å². The molecule has 1 unspecified atom stereocenters. The van der Waals surface area contributed by atoms with Crippen LogP contribution in [0.2, 0.25) is 0 Å². The Morgan fingerprint density at radius 3 is 2.41 bits per heavy atom. The lowest BCUT2D eigenvalue weighted by molar-refractivity contribution is 0.800. The second-order valence-electron chi connectivity index (χ2n) is 4.15. The standard InChI is InChI=1S/C14H17N3/c1-10(15)13-8-9-14(16-11(13)2)17-12-6-4-3-5-7-12/h3-10H,15H2,1-2H3,(H,16,17). The number of pyridine rings is 1. The van der Waals surface area contributed by atoms with Gasteiger partial charge >= 0.3 is 0 Å². The van der Waals surface area contributed by atoms with E-state index >= 15 is 0 Å². The van der Waals surface area contributed by atoms with Crippen LogP contribution in [0.15, 0.2) is 42.5 Å². The average Bonchev–Trinajstić information content (AvgIpc) is 2.30. The maximum absolute atomic E-state index is 5.86. The second kappa shape index (κ2) is 4.97. The van der Waals surface area contributed by atoms with Crippen molar-refractivity contribution in [3.63, 3.8) is 0 Å². The van der Waals surface area contributed by atoms with Crippen LogP contribution in [0.1, 0.15) is 24.2 Å². The van der Waals surface area contributed by atoms with E-state index in [0.29, 0.717) is 0 Å². The summed E-state index contributed by atoms with van der Waals surface area (Å²) in [5.41, 5.74) is 8.95. The number of nitrogens with one attached hydrogen (secondary N) is 1. The van der Waals surface area contributed by atoms with Gasteiger partial charge in [-0.1, -0.05) is 24.3 Å². The number of aromatic nitrogens is 1. The van der Waals surface area contributed by atoms with E-state index in [4.69, 9.17) is 5.73 Å². The van der Waals surface area contributed by atoms with Crippen LogP contribution in [0.25, 0.3) is 0 Å². The van der Waals surface area contributed by atoms with Crippen molar-refractivity contribution in [3.05, 3.63) is 53.7 Å². The maximum atomic E-state index is 5.86. The van der Waals surface area contributed by atoms with Crippen LogP contribution in [0, 0.1) is 6.92 Å². The summed E-state index contributed by atoms with van der Waals surface area (Å²) in [4.78, 5) is 4.50. The summed E-state index contributed by atoms with van der Waals surface area (Å²) >= 11 is 0. The molecule has 0 saturated heterocycles. The van der Waals surface area contributed by atoms with Gasteiger partial charge in [0.25, 0.3) is 0 Å². The first-order chi connectivity index (χ1) is 8.16. The minimum absolute atomic E-state index is 0.0216. The lowest BCUT2D eigenvalue weighted by Gasteiger charge is -2.11. The molecule has 1 heterocycles.